The normalized spacial score (nSPS) is 16.5. The molecule has 2 amide bonds. The van der Waals surface area contributed by atoms with Crippen LogP contribution >= 0.6 is 0 Å². The van der Waals surface area contributed by atoms with Gasteiger partial charge in [-0.05, 0) is 44.0 Å². The molecule has 1 aromatic heterocycles. The lowest BCUT2D eigenvalue weighted by molar-refractivity contribution is -0.118. The number of carbonyl (C=O) groups is 2. The summed E-state index contributed by atoms with van der Waals surface area (Å²) in [4.78, 5) is 30.1. The summed E-state index contributed by atoms with van der Waals surface area (Å²) in [5.74, 6) is 0.516. The summed E-state index contributed by atoms with van der Waals surface area (Å²) in [5.41, 5.74) is 1.17. The maximum Gasteiger partial charge on any atom is 0.238 e. The van der Waals surface area contributed by atoms with Crippen molar-refractivity contribution in [2.24, 2.45) is 13.0 Å². The highest BCUT2D eigenvalue weighted by atomic mass is 16.3. The van der Waals surface area contributed by atoms with Gasteiger partial charge in [0.2, 0.25) is 11.8 Å². The molecule has 0 unspecified atom stereocenters. The van der Waals surface area contributed by atoms with E-state index in [1.54, 1.807) is 24.4 Å². The Kier molecular flexibility index (Phi) is 6.43. The van der Waals surface area contributed by atoms with Crippen LogP contribution in [0.2, 0.25) is 0 Å². The molecule has 1 aliphatic heterocycles. The van der Waals surface area contributed by atoms with E-state index in [0.29, 0.717) is 17.2 Å². The zero-order chi connectivity index (χ0) is 20.1. The lowest BCUT2D eigenvalue weighted by atomic mass is 9.90. The number of nitrogens with one attached hydrogen (secondary N) is 2. The molecule has 150 valence electrons. The Morgan fingerprint density at radius 2 is 1.86 bits per heavy atom. The van der Waals surface area contributed by atoms with Gasteiger partial charge >= 0.3 is 0 Å². The van der Waals surface area contributed by atoms with Crippen molar-refractivity contribution in [3.8, 4) is 0 Å². The third kappa shape index (κ3) is 4.96. The Morgan fingerprint density at radius 3 is 2.43 bits per heavy atom. The topological polar surface area (TPSA) is 99.5 Å². The monoisotopic (exact) mass is 385 g/mol. The van der Waals surface area contributed by atoms with Gasteiger partial charge in [0, 0.05) is 26.4 Å². The lowest BCUT2D eigenvalue weighted by Gasteiger charge is -2.33. The average molecular weight is 385 g/mol. The van der Waals surface area contributed by atoms with E-state index >= 15 is 0 Å². The van der Waals surface area contributed by atoms with Gasteiger partial charge in [0.25, 0.3) is 0 Å². The van der Waals surface area contributed by atoms with Crippen molar-refractivity contribution >= 4 is 23.2 Å². The number of carbonyl (C=O) groups excluding carboxylic acids is 2. The molecule has 8 heteroatoms. The Bertz CT molecular complexity index is 827. The predicted octanol–water partition coefficient (Wildman–Crippen LogP) is 1.76. The van der Waals surface area contributed by atoms with E-state index < -0.39 is 6.10 Å². The average Bonchev–Trinajstić information content (AvgIpc) is 3.09. The van der Waals surface area contributed by atoms with Gasteiger partial charge in [-0.15, -0.1) is 0 Å². The number of aliphatic hydroxyl groups excluding tert-OH is 1. The van der Waals surface area contributed by atoms with E-state index in [9.17, 15) is 14.7 Å². The second-order valence-corrected chi connectivity index (χ2v) is 7.23. The van der Waals surface area contributed by atoms with Crippen LogP contribution in [0.15, 0.2) is 36.7 Å². The highest BCUT2D eigenvalue weighted by molar-refractivity contribution is 5.99. The molecule has 28 heavy (non-hydrogen) atoms. The molecule has 1 atom stereocenters. The number of para-hydroxylation sites is 2. The molecule has 2 heterocycles. The Labute approximate surface area is 164 Å². The number of aryl methyl sites for hydroxylation is 1. The van der Waals surface area contributed by atoms with Crippen LogP contribution in [0.25, 0.3) is 0 Å². The fourth-order valence-electron chi connectivity index (χ4n) is 3.58. The van der Waals surface area contributed by atoms with Gasteiger partial charge in [0.05, 0.1) is 17.9 Å². The van der Waals surface area contributed by atoms with Crippen LogP contribution in [-0.2, 0) is 16.6 Å². The number of hydrogen-bond donors (Lipinski definition) is 3. The van der Waals surface area contributed by atoms with E-state index in [2.05, 4.69) is 20.5 Å². The van der Waals surface area contributed by atoms with Crippen LogP contribution in [0.3, 0.4) is 0 Å². The minimum absolute atomic E-state index is 0.124. The van der Waals surface area contributed by atoms with Crippen LogP contribution in [0.4, 0.5) is 11.4 Å². The van der Waals surface area contributed by atoms with E-state index in [4.69, 9.17) is 0 Å². The van der Waals surface area contributed by atoms with E-state index in [-0.39, 0.29) is 24.3 Å². The molecule has 0 bridgehead atoms. The summed E-state index contributed by atoms with van der Waals surface area (Å²) in [6, 6.07) is 7.13. The Hall–Kier alpha value is -2.71. The van der Waals surface area contributed by atoms with Gasteiger partial charge in [-0.2, -0.15) is 0 Å². The molecule has 1 aromatic carbocycles. The number of benzene rings is 1. The van der Waals surface area contributed by atoms with Crippen LogP contribution in [-0.4, -0.2) is 51.0 Å². The number of aliphatic hydroxyl groups is 1. The molecule has 1 aliphatic rings. The van der Waals surface area contributed by atoms with Gasteiger partial charge in [0.1, 0.15) is 11.9 Å². The van der Waals surface area contributed by atoms with E-state index in [1.165, 1.54) is 6.92 Å². The van der Waals surface area contributed by atoms with Crippen LogP contribution < -0.4 is 10.6 Å². The van der Waals surface area contributed by atoms with Crippen molar-refractivity contribution in [1.82, 2.24) is 14.5 Å². The predicted molar refractivity (Wildman–Crippen MR) is 107 cm³/mol. The minimum atomic E-state index is -0.583. The summed E-state index contributed by atoms with van der Waals surface area (Å²) < 4.78 is 1.84. The molecule has 1 fully saturated rings. The van der Waals surface area contributed by atoms with Crippen molar-refractivity contribution in [1.29, 1.82) is 0 Å². The SMILES string of the molecule is CC(=O)Nc1ccccc1NC(=O)CN1CCC([C@@H](O)c2nccn2C)CC1. The van der Waals surface area contributed by atoms with Crippen molar-refractivity contribution in [2.45, 2.75) is 25.9 Å². The Balaban J connectivity index is 1.50. The van der Waals surface area contributed by atoms with Gasteiger partial charge in [-0.25, -0.2) is 4.98 Å². The lowest BCUT2D eigenvalue weighted by Crippen LogP contribution is -2.40. The molecular weight excluding hydrogens is 358 g/mol. The Morgan fingerprint density at radius 1 is 1.21 bits per heavy atom. The van der Waals surface area contributed by atoms with E-state index in [0.717, 1.165) is 25.9 Å². The van der Waals surface area contributed by atoms with Crippen molar-refractivity contribution in [2.75, 3.05) is 30.3 Å². The number of nitrogens with zero attached hydrogens (tertiary/aromatic N) is 3. The van der Waals surface area contributed by atoms with Crippen LogP contribution in [0, 0.1) is 5.92 Å². The third-order valence-electron chi connectivity index (χ3n) is 5.08. The zero-order valence-electron chi connectivity index (χ0n) is 16.3. The van der Waals surface area contributed by atoms with Crippen LogP contribution in [0.5, 0.6) is 0 Å². The van der Waals surface area contributed by atoms with Crippen molar-refractivity contribution < 1.29 is 14.7 Å². The standard InChI is InChI=1S/C20H27N5O3/c1-14(26)22-16-5-3-4-6-17(16)23-18(27)13-25-10-7-15(8-11-25)19(28)20-21-9-12-24(20)2/h3-6,9,12,15,19,28H,7-8,10-11,13H2,1-2H3,(H,22,26)(H,23,27)/t19-/m1/s1. The molecule has 0 spiro atoms. The summed E-state index contributed by atoms with van der Waals surface area (Å²) in [6.45, 7) is 3.20. The number of likely N-dealkylation sites (tertiary alicyclic amines) is 1. The molecule has 3 rings (SSSR count). The number of anilines is 2. The highest BCUT2D eigenvalue weighted by Gasteiger charge is 2.29. The summed E-state index contributed by atoms with van der Waals surface area (Å²) in [7, 11) is 1.88. The fraction of sp³-hybridized carbons (Fsp3) is 0.450. The second kappa shape index (κ2) is 8.99. The molecule has 0 saturated carbocycles. The molecule has 2 aromatic rings. The van der Waals surface area contributed by atoms with E-state index in [1.807, 2.05) is 23.9 Å². The molecule has 0 radical (unpaired) electrons. The number of amides is 2. The first-order chi connectivity index (χ1) is 13.4. The zero-order valence-corrected chi connectivity index (χ0v) is 16.3. The minimum Gasteiger partial charge on any atom is -0.385 e. The summed E-state index contributed by atoms with van der Waals surface area (Å²) in [5, 5.41) is 16.1. The summed E-state index contributed by atoms with van der Waals surface area (Å²) >= 11 is 0. The number of aromatic nitrogens is 2. The largest absolute Gasteiger partial charge is 0.385 e. The highest BCUT2D eigenvalue weighted by Crippen LogP contribution is 2.29. The molecule has 8 nitrogen and oxygen atoms in total. The number of piperidine rings is 1. The smallest absolute Gasteiger partial charge is 0.238 e. The maximum absolute atomic E-state index is 12.4. The second-order valence-electron chi connectivity index (χ2n) is 7.23. The first-order valence-corrected chi connectivity index (χ1v) is 9.48. The number of imidazole rings is 1. The van der Waals surface area contributed by atoms with Gasteiger partial charge in [-0.1, -0.05) is 12.1 Å². The first kappa shape index (κ1) is 20.0. The quantitative estimate of drug-likeness (QED) is 0.704. The van der Waals surface area contributed by atoms with Crippen molar-refractivity contribution in [3.63, 3.8) is 0 Å². The fourth-order valence-corrected chi connectivity index (χ4v) is 3.58. The van der Waals surface area contributed by atoms with Gasteiger partial charge in [0.15, 0.2) is 0 Å². The molecular formula is C20H27N5O3. The number of rotatable bonds is 6. The van der Waals surface area contributed by atoms with Gasteiger partial charge in [-0.3, -0.25) is 14.5 Å². The summed E-state index contributed by atoms with van der Waals surface area (Å²) in [6.07, 6.45) is 4.56. The molecule has 3 N–H and O–H groups in total. The number of hydrogen-bond acceptors (Lipinski definition) is 5. The third-order valence-corrected chi connectivity index (χ3v) is 5.08. The first-order valence-electron chi connectivity index (χ1n) is 9.48. The van der Waals surface area contributed by atoms with Crippen LogP contribution in [0.1, 0.15) is 31.7 Å². The van der Waals surface area contributed by atoms with Gasteiger partial charge < -0.3 is 20.3 Å². The maximum atomic E-state index is 12.4. The molecule has 1 saturated heterocycles. The molecule has 0 aliphatic carbocycles. The van der Waals surface area contributed by atoms with Crippen molar-refractivity contribution in [3.05, 3.63) is 42.5 Å².